The van der Waals surface area contributed by atoms with Crippen molar-refractivity contribution in [1.29, 1.82) is 0 Å². The number of nitrogens with one attached hydrogen (secondary N) is 1. The zero-order valence-corrected chi connectivity index (χ0v) is 23.0. The van der Waals surface area contributed by atoms with Crippen molar-refractivity contribution < 1.29 is 46.6 Å². The van der Waals surface area contributed by atoms with Crippen molar-refractivity contribution in [2.45, 2.75) is 64.2 Å². The van der Waals surface area contributed by atoms with Crippen molar-refractivity contribution in [3.05, 3.63) is 53.1 Å². The molecule has 1 aliphatic rings. The number of hydrogen-bond donors (Lipinski definition) is 3. The van der Waals surface area contributed by atoms with Crippen LogP contribution in [0, 0.1) is 5.92 Å². The van der Waals surface area contributed by atoms with Gasteiger partial charge in [-0.25, -0.2) is 9.36 Å². The van der Waals surface area contributed by atoms with Gasteiger partial charge >= 0.3 is 25.3 Å². The molecule has 1 aromatic heterocycles. The fraction of sp³-hybridized carbons (Fsp3) is 0.500. The van der Waals surface area contributed by atoms with Crippen LogP contribution in [0.5, 0.6) is 5.75 Å². The average molecular weight is 589 g/mol. The molecule has 0 bridgehead atoms. The molecule has 1 saturated heterocycles. The zero-order chi connectivity index (χ0) is 29.8. The Balaban J connectivity index is 1.77. The number of nitrogen functional groups attached to an aromatic ring is 1. The number of aliphatic hydroxyl groups excluding tert-OH is 1. The number of halogens is 2. The summed E-state index contributed by atoms with van der Waals surface area (Å²) in [7, 11) is -4.54. The van der Waals surface area contributed by atoms with E-state index in [4.69, 9.17) is 24.3 Å². The zero-order valence-electron chi connectivity index (χ0n) is 22.1. The number of ether oxygens (including phenoxy) is 2. The number of anilines is 1. The van der Waals surface area contributed by atoms with Crippen molar-refractivity contribution in [2.75, 3.05) is 12.3 Å². The van der Waals surface area contributed by atoms with Crippen LogP contribution in [0.2, 0.25) is 0 Å². The molecule has 2 aromatic rings. The first-order valence-corrected chi connectivity index (χ1v) is 13.8. The number of nitrogens with two attached hydrogens (primary N) is 1. The summed E-state index contributed by atoms with van der Waals surface area (Å²) in [6, 6.07) is 7.37. The molecule has 6 atom stereocenters. The van der Waals surface area contributed by atoms with Gasteiger partial charge in [0.1, 0.15) is 23.7 Å². The summed E-state index contributed by atoms with van der Waals surface area (Å²) in [6.07, 6.45) is -6.70. The van der Waals surface area contributed by atoms with Crippen LogP contribution in [0.15, 0.2) is 47.4 Å². The third-order valence-electron chi connectivity index (χ3n) is 5.83. The number of aliphatic hydroxyl groups is 1. The number of ketones is 1. The van der Waals surface area contributed by atoms with Crippen LogP contribution in [-0.4, -0.2) is 63.3 Å². The van der Waals surface area contributed by atoms with E-state index in [1.807, 2.05) is 0 Å². The molecular formula is C24H31F2N4O9P. The van der Waals surface area contributed by atoms with E-state index in [-0.39, 0.29) is 17.4 Å². The van der Waals surface area contributed by atoms with E-state index >= 15 is 0 Å². The molecule has 220 valence electrons. The molecule has 40 heavy (non-hydrogen) atoms. The number of carbonyl (C=O) groups excluding carboxylic acids is 2. The van der Waals surface area contributed by atoms with Crippen LogP contribution < -0.4 is 21.0 Å². The van der Waals surface area contributed by atoms with E-state index in [0.717, 1.165) is 12.3 Å². The minimum Gasteiger partial charge on any atom is -0.453 e. The highest BCUT2D eigenvalue weighted by Crippen LogP contribution is 2.48. The van der Waals surface area contributed by atoms with Crippen molar-refractivity contribution >= 4 is 25.3 Å². The van der Waals surface area contributed by atoms with Crippen LogP contribution >= 0.6 is 7.75 Å². The first kappa shape index (κ1) is 31.3. The highest BCUT2D eigenvalue weighted by molar-refractivity contribution is 7.52. The second-order valence-corrected chi connectivity index (χ2v) is 11.1. The van der Waals surface area contributed by atoms with Crippen molar-refractivity contribution in [1.82, 2.24) is 14.6 Å². The van der Waals surface area contributed by atoms with Gasteiger partial charge in [-0.1, -0.05) is 32.0 Å². The monoisotopic (exact) mass is 588 g/mol. The Kier molecular flexibility index (Phi) is 9.80. The number of Topliss-reactive ketones (excluding diaryl/α,β-unsaturated/α-hetero) is 1. The molecule has 0 unspecified atom stereocenters. The summed E-state index contributed by atoms with van der Waals surface area (Å²) in [5.74, 6) is -5.84. The number of carbonyl (C=O) groups is 2. The minimum absolute atomic E-state index is 0.0397. The molecule has 0 aliphatic carbocycles. The second-order valence-electron chi connectivity index (χ2n) is 9.37. The van der Waals surface area contributed by atoms with Gasteiger partial charge < -0.3 is 24.8 Å². The Morgan fingerprint density at radius 3 is 2.48 bits per heavy atom. The molecule has 3 rings (SSSR count). The lowest BCUT2D eigenvalue weighted by molar-refractivity contribution is -0.156. The lowest BCUT2D eigenvalue weighted by atomic mass is 10.1. The van der Waals surface area contributed by atoms with Crippen molar-refractivity contribution in [3.8, 4) is 5.75 Å². The average Bonchev–Trinajstić information content (AvgIpc) is 3.10. The van der Waals surface area contributed by atoms with Gasteiger partial charge in [0, 0.05) is 12.1 Å². The highest BCUT2D eigenvalue weighted by atomic mass is 31.2. The summed E-state index contributed by atoms with van der Waals surface area (Å²) < 4.78 is 65.0. The summed E-state index contributed by atoms with van der Waals surface area (Å²) in [6.45, 7) is 5.02. The third kappa shape index (κ3) is 7.29. The molecule has 2 heterocycles. The molecule has 13 nitrogen and oxygen atoms in total. The summed E-state index contributed by atoms with van der Waals surface area (Å²) in [5.41, 5.74) is 4.26. The number of para-hydroxylation sites is 1. The maximum absolute atomic E-state index is 14.9. The minimum atomic E-state index is -4.54. The number of esters is 1. The molecule has 0 radical (unpaired) electrons. The van der Waals surface area contributed by atoms with E-state index in [2.05, 4.69) is 10.1 Å². The Labute approximate surface area is 228 Å². The van der Waals surface area contributed by atoms with Gasteiger partial charge in [0.05, 0.1) is 6.61 Å². The maximum atomic E-state index is 14.9. The molecule has 1 fully saturated rings. The molecular weight excluding hydrogens is 557 g/mol. The van der Waals surface area contributed by atoms with Gasteiger partial charge in [0.2, 0.25) is 6.23 Å². The molecule has 1 aliphatic heterocycles. The van der Waals surface area contributed by atoms with Crippen molar-refractivity contribution in [2.24, 2.45) is 5.92 Å². The Morgan fingerprint density at radius 2 is 1.88 bits per heavy atom. The quantitative estimate of drug-likeness (QED) is 0.243. The fourth-order valence-corrected chi connectivity index (χ4v) is 5.19. The van der Waals surface area contributed by atoms with E-state index in [9.17, 15) is 32.8 Å². The van der Waals surface area contributed by atoms with Gasteiger partial charge in [-0.15, -0.1) is 0 Å². The predicted molar refractivity (Wildman–Crippen MR) is 136 cm³/mol. The van der Waals surface area contributed by atoms with Gasteiger partial charge in [-0.2, -0.15) is 18.9 Å². The second kappa shape index (κ2) is 12.5. The summed E-state index contributed by atoms with van der Waals surface area (Å²) in [4.78, 5) is 40.1. The van der Waals surface area contributed by atoms with Gasteiger partial charge in [-0.3, -0.25) is 18.7 Å². The third-order valence-corrected chi connectivity index (χ3v) is 7.47. The van der Waals surface area contributed by atoms with Crippen LogP contribution in [0.4, 0.5) is 14.6 Å². The van der Waals surface area contributed by atoms with E-state index in [0.29, 0.717) is 4.57 Å². The number of aromatic nitrogens is 2. The van der Waals surface area contributed by atoms with Crippen LogP contribution in [0.1, 0.15) is 33.9 Å². The smallest absolute Gasteiger partial charge is 0.453 e. The van der Waals surface area contributed by atoms with E-state index < -0.39 is 68.4 Å². The number of benzene rings is 1. The fourth-order valence-electron chi connectivity index (χ4n) is 3.69. The topological polar surface area (TPSA) is 181 Å². The summed E-state index contributed by atoms with van der Waals surface area (Å²) in [5, 5.41) is 12.6. The van der Waals surface area contributed by atoms with E-state index in [1.54, 1.807) is 32.0 Å². The largest absolute Gasteiger partial charge is 0.459 e. The number of alkyl halides is 2. The predicted octanol–water partition coefficient (Wildman–Crippen LogP) is 2.06. The van der Waals surface area contributed by atoms with Crippen LogP contribution in [-0.2, 0) is 28.2 Å². The molecule has 16 heteroatoms. The first-order chi connectivity index (χ1) is 18.6. The van der Waals surface area contributed by atoms with Crippen molar-refractivity contribution in [3.63, 3.8) is 0 Å². The first-order valence-electron chi connectivity index (χ1n) is 12.2. The Hall–Kier alpha value is -3.23. The van der Waals surface area contributed by atoms with E-state index in [1.165, 1.54) is 26.0 Å². The number of rotatable bonds is 12. The normalized spacial score (nSPS) is 23.2. The molecule has 1 aromatic carbocycles. The molecule has 0 amide bonds. The number of nitrogens with zero attached hydrogens (tertiary/aromatic N) is 2. The molecule has 0 saturated carbocycles. The van der Waals surface area contributed by atoms with Crippen LogP contribution in [0.25, 0.3) is 0 Å². The Bertz CT molecular complexity index is 1310. The maximum Gasteiger partial charge on any atom is 0.459 e. The van der Waals surface area contributed by atoms with Crippen LogP contribution in [0.3, 0.4) is 0 Å². The lowest BCUT2D eigenvalue weighted by Crippen LogP contribution is -2.42. The van der Waals surface area contributed by atoms with Gasteiger partial charge in [-0.05, 0) is 32.0 Å². The Morgan fingerprint density at radius 1 is 1.23 bits per heavy atom. The molecule has 4 N–H and O–H groups in total. The lowest BCUT2D eigenvalue weighted by Gasteiger charge is -2.25. The molecule has 0 spiro atoms. The highest BCUT2D eigenvalue weighted by Gasteiger charge is 2.60. The number of hydrogen-bond acceptors (Lipinski definition) is 11. The van der Waals surface area contributed by atoms with Gasteiger partial charge in [0.15, 0.2) is 18.0 Å². The standard InChI is InChI=1S/C24H31F2N4O9P/c1-13(2)19(31)15(4)37-21(33)14(3)29-40(35,39-16-8-6-5-7-9-16)36-12-17-20(32)24(25,26)22(38-17)30-11-10-18(27)28-23(30)34/h5-11,13-15,17,20,22,32H,12H2,1-4H3,(H,29,35)(H2,27,28,34)/t14-,15-,17+,20+,22+,40-/m0/s1. The SMILES string of the molecule is CC(C)C(=O)[C@H](C)OC(=O)[C@H](C)N[P@](=O)(OC[C@H]1O[C@@H](n2ccc(N)nc2=O)C(F)(F)[C@@H]1O)Oc1ccccc1. The van der Waals surface area contributed by atoms with Gasteiger partial charge in [0.25, 0.3) is 0 Å². The summed E-state index contributed by atoms with van der Waals surface area (Å²) >= 11 is 0.